The van der Waals surface area contributed by atoms with E-state index in [1.54, 1.807) is 19.2 Å². The second-order valence-corrected chi connectivity index (χ2v) is 11.1. The number of carbonyl (C=O) groups excluding carboxylic acids is 2. The molecule has 2 aliphatic carbocycles. The monoisotopic (exact) mass is 538 g/mol. The Labute approximate surface area is 227 Å². The maximum Gasteiger partial charge on any atom is 0.351 e. The van der Waals surface area contributed by atoms with Crippen molar-refractivity contribution in [2.45, 2.75) is 58.2 Å². The van der Waals surface area contributed by atoms with Crippen molar-refractivity contribution in [2.24, 2.45) is 10.8 Å². The predicted octanol–water partition coefficient (Wildman–Crippen LogP) is 4.40. The molecule has 1 saturated heterocycles. The van der Waals surface area contributed by atoms with Gasteiger partial charge in [-0.25, -0.2) is 4.79 Å². The number of benzene rings is 1. The van der Waals surface area contributed by atoms with Gasteiger partial charge in [0.1, 0.15) is 6.10 Å². The molecule has 9 nitrogen and oxygen atoms in total. The number of ether oxygens (including phenoxy) is 6. The maximum absolute atomic E-state index is 13.9. The SMILES string of the molecule is COc1cc2c(c(OC)c1OC)-c1ccc(OC)c(=O)cc1[C@H](OC(=O)C13CCC(C)(C(=O)O1)C3(C)C)CC2. The fourth-order valence-electron chi connectivity index (χ4n) is 6.48. The van der Waals surface area contributed by atoms with Crippen LogP contribution >= 0.6 is 0 Å². The van der Waals surface area contributed by atoms with E-state index in [1.807, 2.05) is 26.8 Å². The number of methoxy groups -OCH3 is 4. The zero-order valence-electron chi connectivity index (χ0n) is 23.4. The molecule has 2 bridgehead atoms. The average Bonchev–Trinajstić information content (AvgIpc) is 3.07. The Morgan fingerprint density at radius 2 is 1.59 bits per heavy atom. The van der Waals surface area contributed by atoms with E-state index >= 15 is 0 Å². The van der Waals surface area contributed by atoms with Crippen LogP contribution in [0, 0.1) is 10.8 Å². The van der Waals surface area contributed by atoms with Crippen LogP contribution in [0.5, 0.6) is 23.0 Å². The first-order chi connectivity index (χ1) is 18.5. The summed E-state index contributed by atoms with van der Waals surface area (Å²) in [4.78, 5) is 39.9. The second kappa shape index (κ2) is 9.17. The first-order valence-corrected chi connectivity index (χ1v) is 13.0. The molecule has 3 atom stereocenters. The summed E-state index contributed by atoms with van der Waals surface area (Å²) in [7, 11) is 6.04. The molecule has 0 N–H and O–H groups in total. The molecule has 0 amide bonds. The number of fused-ring (bicyclic) bond motifs is 5. The number of rotatable bonds is 6. The van der Waals surface area contributed by atoms with Crippen LogP contribution in [0.25, 0.3) is 11.1 Å². The lowest BCUT2D eigenvalue weighted by Gasteiger charge is -2.35. The third-order valence-electron chi connectivity index (χ3n) is 9.33. The first kappa shape index (κ1) is 26.8. The Hall–Kier alpha value is -3.75. The summed E-state index contributed by atoms with van der Waals surface area (Å²) >= 11 is 0. The van der Waals surface area contributed by atoms with Gasteiger partial charge < -0.3 is 28.4 Å². The summed E-state index contributed by atoms with van der Waals surface area (Å²) < 4.78 is 34.3. The molecular formula is C30H34O9. The molecule has 2 unspecified atom stereocenters. The highest BCUT2D eigenvalue weighted by molar-refractivity contribution is 5.94. The molecule has 208 valence electrons. The number of hydrogen-bond acceptors (Lipinski definition) is 9. The Morgan fingerprint density at radius 3 is 2.15 bits per heavy atom. The standard InChI is InChI=1S/C30H34O9/c1-28(2)29(3)12-13-30(28,39-26(29)32)27(33)38-20-10-8-16-14-22(35-5)24(36-6)25(37-7)23(16)17-9-11-21(34-4)19(31)15-18(17)20/h9,11,14-15,20H,8,10,12-13H2,1-7H3/t20-,29?,30?/m1/s1. The van der Waals surface area contributed by atoms with Gasteiger partial charge >= 0.3 is 11.9 Å². The Morgan fingerprint density at radius 1 is 0.897 bits per heavy atom. The van der Waals surface area contributed by atoms with E-state index in [4.69, 9.17) is 28.4 Å². The fourth-order valence-corrected chi connectivity index (χ4v) is 6.48. The molecule has 5 rings (SSSR count). The summed E-state index contributed by atoms with van der Waals surface area (Å²) in [5, 5.41) is 0. The first-order valence-electron chi connectivity index (χ1n) is 13.0. The number of hydrogen-bond donors (Lipinski definition) is 0. The molecule has 2 fully saturated rings. The van der Waals surface area contributed by atoms with E-state index in [0.29, 0.717) is 59.6 Å². The second-order valence-electron chi connectivity index (χ2n) is 11.1. The third-order valence-corrected chi connectivity index (χ3v) is 9.33. The minimum atomic E-state index is -1.39. The van der Waals surface area contributed by atoms with Crippen LogP contribution in [0.4, 0.5) is 0 Å². The summed E-state index contributed by atoms with van der Waals surface area (Å²) in [6.07, 6.45) is 0.975. The lowest BCUT2D eigenvalue weighted by atomic mass is 9.66. The molecule has 0 aromatic heterocycles. The van der Waals surface area contributed by atoms with Crippen LogP contribution in [-0.4, -0.2) is 46.0 Å². The Balaban J connectivity index is 1.68. The zero-order valence-corrected chi connectivity index (χ0v) is 23.4. The molecule has 39 heavy (non-hydrogen) atoms. The van der Waals surface area contributed by atoms with Gasteiger partial charge in [0.2, 0.25) is 16.8 Å². The van der Waals surface area contributed by atoms with Gasteiger partial charge in [-0.15, -0.1) is 0 Å². The molecule has 2 aromatic carbocycles. The van der Waals surface area contributed by atoms with Gasteiger partial charge in [-0.05, 0) is 68.0 Å². The number of esters is 2. The highest BCUT2D eigenvalue weighted by atomic mass is 16.6. The van der Waals surface area contributed by atoms with Crippen molar-refractivity contribution >= 4 is 11.9 Å². The smallest absolute Gasteiger partial charge is 0.351 e. The minimum absolute atomic E-state index is 0.144. The summed E-state index contributed by atoms with van der Waals surface area (Å²) in [6.45, 7) is 5.61. The van der Waals surface area contributed by atoms with Crippen molar-refractivity contribution in [3.63, 3.8) is 0 Å². The van der Waals surface area contributed by atoms with Crippen LogP contribution in [0.3, 0.4) is 0 Å². The van der Waals surface area contributed by atoms with Crippen molar-refractivity contribution in [1.82, 2.24) is 0 Å². The topological polar surface area (TPSA) is 107 Å². The van der Waals surface area contributed by atoms with Gasteiger partial charge in [-0.2, -0.15) is 0 Å². The van der Waals surface area contributed by atoms with Crippen LogP contribution in [0.15, 0.2) is 29.1 Å². The van der Waals surface area contributed by atoms with Crippen molar-refractivity contribution < 1.29 is 38.0 Å². The van der Waals surface area contributed by atoms with Crippen molar-refractivity contribution in [2.75, 3.05) is 28.4 Å². The predicted molar refractivity (Wildman–Crippen MR) is 141 cm³/mol. The minimum Gasteiger partial charge on any atom is -0.493 e. The van der Waals surface area contributed by atoms with Crippen LogP contribution in [0.2, 0.25) is 0 Å². The zero-order chi connectivity index (χ0) is 28.3. The molecule has 2 aromatic rings. The van der Waals surface area contributed by atoms with Gasteiger partial charge in [0.25, 0.3) is 0 Å². The van der Waals surface area contributed by atoms with Gasteiger partial charge in [0.05, 0.1) is 33.9 Å². The molecule has 9 heteroatoms. The van der Waals surface area contributed by atoms with Crippen molar-refractivity contribution in [3.8, 4) is 34.1 Å². The molecule has 1 heterocycles. The highest BCUT2D eigenvalue weighted by Gasteiger charge is 2.76. The number of carbonyl (C=O) groups is 2. The maximum atomic E-state index is 13.9. The average molecular weight is 539 g/mol. The van der Waals surface area contributed by atoms with E-state index in [2.05, 4.69) is 0 Å². The Bertz CT molecular complexity index is 1430. The Kier molecular flexibility index (Phi) is 6.31. The summed E-state index contributed by atoms with van der Waals surface area (Å²) in [5.41, 5.74) is -0.564. The van der Waals surface area contributed by atoms with Crippen molar-refractivity contribution in [3.05, 3.63) is 45.6 Å². The third kappa shape index (κ3) is 3.54. The lowest BCUT2D eigenvalue weighted by molar-refractivity contribution is -0.187. The van der Waals surface area contributed by atoms with E-state index < -0.39 is 28.5 Å². The summed E-state index contributed by atoms with van der Waals surface area (Å²) in [6, 6.07) is 6.67. The van der Waals surface area contributed by atoms with E-state index in [9.17, 15) is 14.4 Å². The summed E-state index contributed by atoms with van der Waals surface area (Å²) in [5.74, 6) is 0.503. The van der Waals surface area contributed by atoms with Crippen LogP contribution < -0.4 is 24.4 Å². The highest BCUT2D eigenvalue weighted by Crippen LogP contribution is 2.66. The van der Waals surface area contributed by atoms with Gasteiger partial charge in [0, 0.05) is 16.5 Å². The van der Waals surface area contributed by atoms with Gasteiger partial charge in [-0.3, -0.25) is 9.59 Å². The van der Waals surface area contributed by atoms with E-state index in [-0.39, 0.29) is 17.1 Å². The molecular weight excluding hydrogens is 504 g/mol. The molecule has 3 aliphatic rings. The van der Waals surface area contributed by atoms with Crippen molar-refractivity contribution in [1.29, 1.82) is 0 Å². The molecule has 0 spiro atoms. The van der Waals surface area contributed by atoms with Gasteiger partial charge in [0.15, 0.2) is 17.2 Å². The van der Waals surface area contributed by atoms with E-state index in [1.165, 1.54) is 27.4 Å². The van der Waals surface area contributed by atoms with E-state index in [0.717, 1.165) is 5.56 Å². The molecule has 1 saturated carbocycles. The van der Waals surface area contributed by atoms with Crippen LogP contribution in [0.1, 0.15) is 57.3 Å². The largest absolute Gasteiger partial charge is 0.493 e. The fraction of sp³-hybridized carbons (Fsp3) is 0.500. The lowest BCUT2D eigenvalue weighted by Crippen LogP contribution is -2.49. The normalized spacial score (nSPS) is 26.0. The van der Waals surface area contributed by atoms with Gasteiger partial charge in [-0.1, -0.05) is 13.8 Å². The quantitative estimate of drug-likeness (QED) is 0.495. The molecule has 1 aliphatic heterocycles. The van der Waals surface area contributed by atoms with Crippen LogP contribution in [-0.2, 0) is 25.5 Å². The molecule has 0 radical (unpaired) electrons. The number of aryl methyl sites for hydroxylation is 1.